The minimum Gasteiger partial charge on any atom is -0.508 e. The molecule has 0 radical (unpaired) electrons. The molecule has 0 unspecified atom stereocenters. The first-order valence-corrected chi connectivity index (χ1v) is 11.4. The van der Waals surface area contributed by atoms with Gasteiger partial charge in [-0.15, -0.1) is 10.2 Å². The molecule has 3 aromatic rings. The zero-order valence-electron chi connectivity index (χ0n) is 18.0. The standard InChI is InChI=1S/C22H24N2O4.ClHO4/c1-26-18-5-2-16(3-6-18)22-15-20(19-14-17(25)4-7-21(19)28-22)23-8-9-24-10-12-27-13-11-24;2-1(3,4)5/h2-7,14-15,25H,8-13H2,1H3;(H,2,3,4,5). The van der Waals surface area contributed by atoms with Crippen molar-refractivity contribution in [3.05, 3.63) is 53.9 Å². The first-order chi connectivity index (χ1) is 15.7. The molecule has 178 valence electrons. The summed E-state index contributed by atoms with van der Waals surface area (Å²) in [7, 11) is -3.29. The van der Waals surface area contributed by atoms with E-state index in [4.69, 9.17) is 32.5 Å². The van der Waals surface area contributed by atoms with E-state index in [1.165, 1.54) is 0 Å². The van der Waals surface area contributed by atoms with E-state index in [0.717, 1.165) is 72.8 Å². The number of methoxy groups -OCH3 is 1. The predicted molar refractivity (Wildman–Crippen MR) is 106 cm³/mol. The van der Waals surface area contributed by atoms with Gasteiger partial charge < -0.3 is 19.0 Å². The largest absolute Gasteiger partial charge is 0.508 e. The van der Waals surface area contributed by atoms with Crippen LogP contribution >= 0.6 is 0 Å². The maximum atomic E-state index is 9.92. The van der Waals surface area contributed by atoms with E-state index < -0.39 is 10.2 Å². The van der Waals surface area contributed by atoms with Crippen molar-refractivity contribution in [2.45, 2.75) is 0 Å². The van der Waals surface area contributed by atoms with E-state index in [0.29, 0.717) is 0 Å². The molecular formula is C22H25ClN2O8. The second kappa shape index (κ2) is 11.4. The number of phenolic OH excluding ortho intramolecular Hbond substituents is 1. The van der Waals surface area contributed by atoms with Crippen molar-refractivity contribution in [3.8, 4) is 22.8 Å². The Kier molecular flexibility index (Phi) is 8.64. The number of phenols is 1. The van der Waals surface area contributed by atoms with Crippen molar-refractivity contribution in [1.82, 2.24) is 4.90 Å². The van der Waals surface area contributed by atoms with Crippen LogP contribution in [0.4, 0.5) is 0 Å². The van der Waals surface area contributed by atoms with Gasteiger partial charge in [-0.3, -0.25) is 4.90 Å². The van der Waals surface area contributed by atoms with Crippen LogP contribution in [0.3, 0.4) is 0 Å². The van der Waals surface area contributed by atoms with Crippen LogP contribution in [0.1, 0.15) is 0 Å². The van der Waals surface area contributed by atoms with E-state index >= 15 is 0 Å². The SMILES string of the molecule is COc1ccc(-c2cc(=[NH+]CCN3CCOCC3)c3cc(O)ccc3o2)cc1.[O-][Cl+3]([O-])([O-])[O-]. The molecule has 2 aromatic carbocycles. The summed E-state index contributed by atoms with van der Waals surface area (Å²) in [6.45, 7) is 5.25. The fraction of sp³-hybridized carbons (Fsp3) is 0.318. The second-order valence-electron chi connectivity index (χ2n) is 7.19. The van der Waals surface area contributed by atoms with Gasteiger partial charge in [0.2, 0.25) is 5.36 Å². The van der Waals surface area contributed by atoms with Crippen LogP contribution < -0.4 is 33.7 Å². The number of fused-ring (bicyclic) bond motifs is 1. The van der Waals surface area contributed by atoms with Gasteiger partial charge in [-0.1, -0.05) is 0 Å². The fourth-order valence-electron chi connectivity index (χ4n) is 3.39. The van der Waals surface area contributed by atoms with E-state index in [-0.39, 0.29) is 5.75 Å². The summed E-state index contributed by atoms with van der Waals surface area (Å²) in [6, 6.07) is 14.9. The van der Waals surface area contributed by atoms with Crippen LogP contribution in [-0.4, -0.2) is 56.5 Å². The van der Waals surface area contributed by atoms with Gasteiger partial charge in [0.15, 0.2) is 6.54 Å². The van der Waals surface area contributed by atoms with Crippen molar-refractivity contribution < 1.29 is 52.9 Å². The Bertz CT molecular complexity index is 1100. The van der Waals surface area contributed by atoms with Gasteiger partial charge in [-0.2, -0.15) is 0 Å². The lowest BCUT2D eigenvalue weighted by atomic mass is 10.1. The van der Waals surface area contributed by atoms with Crippen LogP contribution in [-0.2, 0) is 4.74 Å². The van der Waals surface area contributed by atoms with Gasteiger partial charge in [0.25, 0.3) is 0 Å². The Morgan fingerprint density at radius 2 is 1.70 bits per heavy atom. The summed E-state index contributed by atoms with van der Waals surface area (Å²) < 4.78 is 50.7. The minimum absolute atomic E-state index is 0.219. The van der Waals surface area contributed by atoms with Gasteiger partial charge in [0.1, 0.15) is 22.8 Å². The molecule has 0 bridgehead atoms. The zero-order chi connectivity index (χ0) is 23.8. The molecule has 1 aliphatic heterocycles. The molecule has 0 atom stereocenters. The maximum Gasteiger partial charge on any atom is 0.213 e. The normalized spacial score (nSPS) is 15.2. The zero-order valence-corrected chi connectivity index (χ0v) is 18.7. The van der Waals surface area contributed by atoms with E-state index in [1.807, 2.05) is 30.3 Å². The first-order valence-electron chi connectivity index (χ1n) is 10.1. The molecule has 0 aliphatic carbocycles. The van der Waals surface area contributed by atoms with Gasteiger partial charge in [-0.25, -0.2) is 23.6 Å². The molecule has 11 heteroatoms. The molecule has 10 nitrogen and oxygen atoms in total. The van der Waals surface area contributed by atoms with Crippen LogP contribution in [0.2, 0.25) is 0 Å². The Labute approximate surface area is 192 Å². The smallest absolute Gasteiger partial charge is 0.213 e. The van der Waals surface area contributed by atoms with Gasteiger partial charge in [-0.05, 0) is 42.5 Å². The van der Waals surface area contributed by atoms with Crippen molar-refractivity contribution >= 4 is 11.0 Å². The molecule has 1 aliphatic rings. The summed E-state index contributed by atoms with van der Waals surface area (Å²) in [4.78, 5) is 5.90. The average molecular weight is 481 g/mol. The third-order valence-corrected chi connectivity index (χ3v) is 4.97. The monoisotopic (exact) mass is 480 g/mol. The van der Waals surface area contributed by atoms with Crippen molar-refractivity contribution in [3.63, 3.8) is 0 Å². The Morgan fingerprint density at radius 3 is 2.33 bits per heavy atom. The molecule has 1 saturated heterocycles. The Morgan fingerprint density at radius 1 is 1.03 bits per heavy atom. The summed E-state index contributed by atoms with van der Waals surface area (Å²) in [6.07, 6.45) is 0. The molecule has 1 aromatic heterocycles. The Balaban J connectivity index is 0.000000555. The molecule has 1 fully saturated rings. The predicted octanol–water partition coefficient (Wildman–Crippen LogP) is -3.63. The van der Waals surface area contributed by atoms with Gasteiger partial charge in [0.05, 0.1) is 38.3 Å². The van der Waals surface area contributed by atoms with Crippen molar-refractivity contribution in [2.24, 2.45) is 0 Å². The van der Waals surface area contributed by atoms with Crippen molar-refractivity contribution in [2.75, 3.05) is 46.5 Å². The highest BCUT2D eigenvalue weighted by Crippen LogP contribution is 2.25. The van der Waals surface area contributed by atoms with E-state index in [9.17, 15) is 5.11 Å². The highest BCUT2D eigenvalue weighted by molar-refractivity contribution is 5.79. The number of halogens is 1. The number of hydrogen-bond acceptors (Lipinski definition) is 9. The van der Waals surface area contributed by atoms with E-state index in [2.05, 4.69) is 9.89 Å². The number of benzene rings is 2. The lowest BCUT2D eigenvalue weighted by Gasteiger charge is -2.24. The third-order valence-electron chi connectivity index (χ3n) is 4.97. The molecular weight excluding hydrogens is 456 g/mol. The number of morpholine rings is 1. The van der Waals surface area contributed by atoms with Crippen molar-refractivity contribution in [1.29, 1.82) is 0 Å². The summed E-state index contributed by atoms with van der Waals surface area (Å²) in [5.74, 6) is 1.78. The van der Waals surface area contributed by atoms with E-state index in [1.54, 1.807) is 25.3 Å². The lowest BCUT2D eigenvalue weighted by molar-refractivity contribution is -2.00. The quantitative estimate of drug-likeness (QED) is 0.375. The van der Waals surface area contributed by atoms with Gasteiger partial charge in [0, 0.05) is 18.7 Å². The second-order valence-corrected chi connectivity index (χ2v) is 7.95. The number of nitrogens with zero attached hydrogens (tertiary/aromatic N) is 1. The maximum absolute atomic E-state index is 9.92. The molecule has 33 heavy (non-hydrogen) atoms. The van der Waals surface area contributed by atoms with Crippen LogP contribution in [0, 0.1) is 10.2 Å². The van der Waals surface area contributed by atoms with Crippen LogP contribution in [0.15, 0.2) is 52.9 Å². The molecule has 2 N–H and O–H groups in total. The highest BCUT2D eigenvalue weighted by atomic mass is 35.7. The third kappa shape index (κ3) is 7.98. The summed E-state index contributed by atoms with van der Waals surface area (Å²) >= 11 is 0. The van der Waals surface area contributed by atoms with Crippen LogP contribution in [0.5, 0.6) is 11.5 Å². The molecule has 2 heterocycles. The molecule has 4 rings (SSSR count). The van der Waals surface area contributed by atoms with Gasteiger partial charge >= 0.3 is 0 Å². The minimum atomic E-state index is -4.94. The summed E-state index contributed by atoms with van der Waals surface area (Å²) in [5, 5.41) is 11.7. The van der Waals surface area contributed by atoms with Crippen LogP contribution in [0.25, 0.3) is 22.3 Å². The number of aromatic hydroxyl groups is 1. The number of hydrogen-bond donors (Lipinski definition) is 2. The number of rotatable bonds is 5. The highest BCUT2D eigenvalue weighted by Gasteiger charge is 2.12. The number of ether oxygens (including phenoxy) is 2. The Hall–Kier alpha value is -2.70. The molecule has 0 spiro atoms. The average Bonchev–Trinajstić information content (AvgIpc) is 2.79. The topological polar surface area (TPSA) is 161 Å². The first kappa shape index (κ1) is 24.9. The summed E-state index contributed by atoms with van der Waals surface area (Å²) in [5.41, 5.74) is 1.69. The molecule has 0 amide bonds. The fourth-order valence-corrected chi connectivity index (χ4v) is 3.39. The number of nitrogens with one attached hydrogen (secondary N) is 1. The lowest BCUT2D eigenvalue weighted by Crippen LogP contribution is -2.78. The molecule has 0 saturated carbocycles.